The summed E-state index contributed by atoms with van der Waals surface area (Å²) < 4.78 is 5.43. The molecule has 2 heterocycles. The van der Waals surface area contributed by atoms with Gasteiger partial charge in [0, 0.05) is 24.3 Å². The Morgan fingerprint density at radius 3 is 3.18 bits per heavy atom. The van der Waals surface area contributed by atoms with Gasteiger partial charge in [0.05, 0.1) is 6.61 Å². The lowest BCUT2D eigenvalue weighted by Crippen LogP contribution is -2.26. The van der Waals surface area contributed by atoms with Crippen molar-refractivity contribution in [2.24, 2.45) is 5.92 Å². The topological polar surface area (TPSA) is 34.2 Å². The lowest BCUT2D eigenvalue weighted by molar-refractivity contribution is 0.183. The third kappa shape index (κ3) is 2.29. The van der Waals surface area contributed by atoms with E-state index in [4.69, 9.17) is 9.72 Å². The molecule has 1 aromatic rings. The summed E-state index contributed by atoms with van der Waals surface area (Å²) in [5, 5.41) is 3.52. The normalized spacial score (nSPS) is 24.6. The molecule has 0 radical (unpaired) electrons. The van der Waals surface area contributed by atoms with Gasteiger partial charge in [0.15, 0.2) is 0 Å². The second-order valence-corrected chi connectivity index (χ2v) is 5.21. The van der Waals surface area contributed by atoms with Crippen molar-refractivity contribution in [3.63, 3.8) is 0 Å². The summed E-state index contributed by atoms with van der Waals surface area (Å²) in [7, 11) is 0. The molecule has 1 N–H and O–H groups in total. The molecular formula is C14H20N2O. The molecule has 3 nitrogen and oxygen atoms in total. The highest BCUT2D eigenvalue weighted by Crippen LogP contribution is 2.23. The van der Waals surface area contributed by atoms with Gasteiger partial charge in [-0.2, -0.15) is 0 Å². The Kier molecular flexibility index (Phi) is 3.02. The highest BCUT2D eigenvalue weighted by molar-refractivity contribution is 5.41. The Labute approximate surface area is 103 Å². The lowest BCUT2D eigenvalue weighted by atomic mass is 10.0. The summed E-state index contributed by atoms with van der Waals surface area (Å²) in [4.78, 5) is 4.71. The zero-order chi connectivity index (χ0) is 11.7. The lowest BCUT2D eigenvalue weighted by Gasteiger charge is -2.20. The molecule has 0 saturated carbocycles. The van der Waals surface area contributed by atoms with Crippen LogP contribution in [-0.4, -0.2) is 24.2 Å². The zero-order valence-electron chi connectivity index (χ0n) is 10.4. The molecule has 1 fully saturated rings. The summed E-state index contributed by atoms with van der Waals surface area (Å²) in [5.41, 5.74) is 2.73. The second-order valence-electron chi connectivity index (χ2n) is 5.21. The third-order valence-electron chi connectivity index (χ3n) is 3.98. The fourth-order valence-electron chi connectivity index (χ4n) is 2.80. The minimum absolute atomic E-state index is 0.449. The second kappa shape index (κ2) is 4.65. The molecule has 0 spiro atoms. The first-order valence-corrected chi connectivity index (χ1v) is 6.66. The number of nitrogens with zero attached hydrogens (tertiary/aromatic N) is 1. The van der Waals surface area contributed by atoms with Crippen molar-refractivity contribution in [1.82, 2.24) is 4.98 Å². The molecule has 1 aliphatic heterocycles. The van der Waals surface area contributed by atoms with Crippen molar-refractivity contribution in [3.8, 4) is 0 Å². The van der Waals surface area contributed by atoms with Crippen LogP contribution in [0.2, 0.25) is 0 Å². The maximum atomic E-state index is 5.43. The fourth-order valence-corrected chi connectivity index (χ4v) is 2.80. The first-order valence-electron chi connectivity index (χ1n) is 6.66. The van der Waals surface area contributed by atoms with Crippen LogP contribution in [0.5, 0.6) is 0 Å². The smallest absolute Gasteiger partial charge is 0.126 e. The van der Waals surface area contributed by atoms with Crippen LogP contribution in [0, 0.1) is 5.92 Å². The monoisotopic (exact) mass is 232 g/mol. The molecule has 3 rings (SSSR count). The highest BCUT2D eigenvalue weighted by Gasteiger charge is 2.22. The number of nitrogens with one attached hydrogen (secondary N) is 1. The quantitative estimate of drug-likeness (QED) is 0.869. The molecule has 17 heavy (non-hydrogen) atoms. The minimum Gasteiger partial charge on any atom is -0.381 e. The summed E-state index contributed by atoms with van der Waals surface area (Å²) >= 11 is 0. The maximum Gasteiger partial charge on any atom is 0.126 e. The van der Waals surface area contributed by atoms with Crippen molar-refractivity contribution >= 4 is 5.82 Å². The molecule has 92 valence electrons. The van der Waals surface area contributed by atoms with Gasteiger partial charge >= 0.3 is 0 Å². The van der Waals surface area contributed by atoms with Crippen molar-refractivity contribution in [1.29, 1.82) is 0 Å². The fraction of sp³-hybridized carbons (Fsp3) is 0.643. The van der Waals surface area contributed by atoms with Gasteiger partial charge in [-0.15, -0.1) is 0 Å². The van der Waals surface area contributed by atoms with Gasteiger partial charge in [-0.3, -0.25) is 0 Å². The number of anilines is 1. The van der Waals surface area contributed by atoms with Crippen LogP contribution in [0.3, 0.4) is 0 Å². The van der Waals surface area contributed by atoms with Gasteiger partial charge in [0.1, 0.15) is 5.82 Å². The summed E-state index contributed by atoms with van der Waals surface area (Å²) in [6, 6.07) is 4.80. The van der Waals surface area contributed by atoms with Crippen LogP contribution in [-0.2, 0) is 17.6 Å². The van der Waals surface area contributed by atoms with E-state index >= 15 is 0 Å². The van der Waals surface area contributed by atoms with Gasteiger partial charge in [-0.25, -0.2) is 4.98 Å². The van der Waals surface area contributed by atoms with Crippen LogP contribution < -0.4 is 5.32 Å². The maximum absolute atomic E-state index is 5.43. The molecule has 2 unspecified atom stereocenters. The molecule has 1 saturated heterocycles. The molecule has 3 heteroatoms. The Hall–Kier alpha value is -1.09. The highest BCUT2D eigenvalue weighted by atomic mass is 16.5. The third-order valence-corrected chi connectivity index (χ3v) is 3.98. The van der Waals surface area contributed by atoms with E-state index in [-0.39, 0.29) is 0 Å². The molecule has 2 atom stereocenters. The first kappa shape index (κ1) is 11.0. The standard InChI is InChI=1S/C14H20N2O/c1-10(12-7-8-17-9-12)15-14-6-5-11-3-2-4-13(11)16-14/h5-6,10,12H,2-4,7-9H2,1H3,(H,15,16). The van der Waals surface area contributed by atoms with Gasteiger partial charge in [-0.1, -0.05) is 6.07 Å². The van der Waals surface area contributed by atoms with Gasteiger partial charge in [-0.05, 0) is 44.2 Å². The van der Waals surface area contributed by atoms with Crippen LogP contribution >= 0.6 is 0 Å². The van der Waals surface area contributed by atoms with E-state index < -0.39 is 0 Å². The molecule has 1 aliphatic carbocycles. The summed E-state index contributed by atoms with van der Waals surface area (Å²) in [6.45, 7) is 4.03. The molecule has 0 bridgehead atoms. The van der Waals surface area contributed by atoms with Crippen LogP contribution in [0.1, 0.15) is 31.0 Å². The average molecular weight is 232 g/mol. The average Bonchev–Trinajstić information content (AvgIpc) is 2.99. The van der Waals surface area contributed by atoms with E-state index in [1.54, 1.807) is 0 Å². The number of fused-ring (bicyclic) bond motifs is 1. The first-order chi connectivity index (χ1) is 8.33. The van der Waals surface area contributed by atoms with E-state index in [1.807, 2.05) is 0 Å². The van der Waals surface area contributed by atoms with E-state index in [0.717, 1.165) is 25.5 Å². The van der Waals surface area contributed by atoms with Crippen LogP contribution in [0.4, 0.5) is 5.82 Å². The number of hydrogen-bond acceptors (Lipinski definition) is 3. The molecule has 0 amide bonds. The Morgan fingerprint density at radius 2 is 2.35 bits per heavy atom. The predicted octanol–water partition coefficient (Wildman–Crippen LogP) is 2.41. The summed E-state index contributed by atoms with van der Waals surface area (Å²) in [6.07, 6.45) is 4.78. The Morgan fingerprint density at radius 1 is 1.41 bits per heavy atom. The van der Waals surface area contributed by atoms with Crippen LogP contribution in [0.15, 0.2) is 12.1 Å². The number of ether oxygens (including phenoxy) is 1. The van der Waals surface area contributed by atoms with E-state index in [2.05, 4.69) is 24.4 Å². The SMILES string of the molecule is CC(Nc1ccc2c(n1)CCC2)C1CCOC1. The number of aromatic nitrogens is 1. The Bertz CT molecular complexity index is 399. The number of hydrogen-bond donors (Lipinski definition) is 1. The molecule has 1 aromatic heterocycles. The van der Waals surface area contributed by atoms with E-state index in [0.29, 0.717) is 12.0 Å². The van der Waals surface area contributed by atoms with Gasteiger partial charge in [0.2, 0.25) is 0 Å². The minimum atomic E-state index is 0.449. The Balaban J connectivity index is 1.68. The predicted molar refractivity (Wildman–Crippen MR) is 68.3 cm³/mol. The molecule has 2 aliphatic rings. The van der Waals surface area contributed by atoms with Gasteiger partial charge < -0.3 is 10.1 Å². The largest absolute Gasteiger partial charge is 0.381 e. The number of pyridine rings is 1. The summed E-state index contributed by atoms with van der Waals surface area (Å²) in [5.74, 6) is 1.66. The number of rotatable bonds is 3. The molecular weight excluding hydrogens is 212 g/mol. The zero-order valence-corrected chi connectivity index (χ0v) is 10.4. The van der Waals surface area contributed by atoms with Gasteiger partial charge in [0.25, 0.3) is 0 Å². The van der Waals surface area contributed by atoms with Crippen LogP contribution in [0.25, 0.3) is 0 Å². The van der Waals surface area contributed by atoms with E-state index in [9.17, 15) is 0 Å². The van der Waals surface area contributed by atoms with Crippen molar-refractivity contribution in [2.45, 2.75) is 38.6 Å². The van der Waals surface area contributed by atoms with E-state index in [1.165, 1.54) is 30.5 Å². The van der Waals surface area contributed by atoms with Crippen molar-refractivity contribution in [3.05, 3.63) is 23.4 Å². The molecule has 0 aromatic carbocycles. The number of aryl methyl sites for hydroxylation is 2. The van der Waals surface area contributed by atoms with Crippen molar-refractivity contribution < 1.29 is 4.74 Å². The van der Waals surface area contributed by atoms with Crippen molar-refractivity contribution in [2.75, 3.05) is 18.5 Å².